The molecule has 0 spiro atoms. The molecular formula is C19H25NO. The van der Waals surface area contributed by atoms with Gasteiger partial charge in [0.2, 0.25) is 0 Å². The van der Waals surface area contributed by atoms with Crippen molar-refractivity contribution in [3.8, 4) is 0 Å². The predicted molar refractivity (Wildman–Crippen MR) is 86.6 cm³/mol. The summed E-state index contributed by atoms with van der Waals surface area (Å²) in [6.07, 6.45) is 7.79. The summed E-state index contributed by atoms with van der Waals surface area (Å²) in [7, 11) is 0. The first-order chi connectivity index (χ1) is 10.3. The first-order valence-corrected chi connectivity index (χ1v) is 8.16. The summed E-state index contributed by atoms with van der Waals surface area (Å²) in [5.41, 5.74) is 3.12. The lowest BCUT2D eigenvalue weighted by molar-refractivity contribution is 0.432. The summed E-state index contributed by atoms with van der Waals surface area (Å²) in [6, 6.07) is 13.5. The fourth-order valence-corrected chi connectivity index (χ4v) is 3.33. The number of nitrogens with one attached hydrogen (secondary N) is 1. The van der Waals surface area contributed by atoms with Crippen LogP contribution in [0.5, 0.6) is 0 Å². The number of hydrogen-bond donors (Lipinski definition) is 1. The van der Waals surface area contributed by atoms with Gasteiger partial charge in [-0.05, 0) is 61.8 Å². The van der Waals surface area contributed by atoms with Gasteiger partial charge in [0.1, 0.15) is 5.76 Å². The van der Waals surface area contributed by atoms with Crippen molar-refractivity contribution in [1.82, 2.24) is 5.32 Å². The molecule has 1 N–H and O–H groups in total. The van der Waals surface area contributed by atoms with Crippen molar-refractivity contribution in [2.75, 3.05) is 6.54 Å². The van der Waals surface area contributed by atoms with E-state index in [-0.39, 0.29) is 0 Å². The molecule has 2 nitrogen and oxygen atoms in total. The molecule has 2 aromatic rings. The van der Waals surface area contributed by atoms with Crippen LogP contribution in [0.3, 0.4) is 0 Å². The molecule has 0 aliphatic heterocycles. The summed E-state index contributed by atoms with van der Waals surface area (Å²) in [6.45, 7) is 3.37. The minimum atomic E-state index is 0.532. The third-order valence-corrected chi connectivity index (χ3v) is 4.61. The zero-order valence-corrected chi connectivity index (χ0v) is 12.8. The van der Waals surface area contributed by atoms with Crippen LogP contribution in [-0.2, 0) is 12.8 Å². The van der Waals surface area contributed by atoms with Gasteiger partial charge in [-0.1, -0.05) is 24.3 Å². The topological polar surface area (TPSA) is 25.2 Å². The van der Waals surface area contributed by atoms with Gasteiger partial charge < -0.3 is 9.73 Å². The van der Waals surface area contributed by atoms with Gasteiger partial charge in [-0.25, -0.2) is 0 Å². The molecule has 2 heteroatoms. The first kappa shape index (κ1) is 14.4. The van der Waals surface area contributed by atoms with E-state index in [0.717, 1.165) is 25.1 Å². The lowest BCUT2D eigenvalue weighted by atomic mass is 9.83. The zero-order valence-electron chi connectivity index (χ0n) is 12.8. The SMILES string of the molecule is CC(CCc1ccco1)NCC1CCCc2ccccc21. The van der Waals surface area contributed by atoms with Crippen LogP contribution in [0, 0.1) is 0 Å². The number of hydrogen-bond acceptors (Lipinski definition) is 2. The van der Waals surface area contributed by atoms with E-state index >= 15 is 0 Å². The number of aryl methyl sites for hydroxylation is 2. The van der Waals surface area contributed by atoms with Crippen molar-refractivity contribution in [2.45, 2.75) is 51.0 Å². The second-order valence-corrected chi connectivity index (χ2v) is 6.22. The van der Waals surface area contributed by atoms with E-state index in [1.54, 1.807) is 17.4 Å². The fraction of sp³-hybridized carbons (Fsp3) is 0.474. The molecule has 0 saturated carbocycles. The molecule has 21 heavy (non-hydrogen) atoms. The summed E-state index contributed by atoms with van der Waals surface area (Å²) >= 11 is 0. The molecule has 0 saturated heterocycles. The Kier molecular flexibility index (Phi) is 4.76. The second-order valence-electron chi connectivity index (χ2n) is 6.22. The van der Waals surface area contributed by atoms with Gasteiger partial charge in [0, 0.05) is 19.0 Å². The van der Waals surface area contributed by atoms with Crippen LogP contribution in [0.15, 0.2) is 47.1 Å². The normalized spacial score (nSPS) is 19.2. The van der Waals surface area contributed by atoms with Crippen molar-refractivity contribution in [1.29, 1.82) is 0 Å². The summed E-state index contributed by atoms with van der Waals surface area (Å²) < 4.78 is 5.40. The molecule has 0 radical (unpaired) electrons. The average Bonchev–Trinajstić information content (AvgIpc) is 3.04. The van der Waals surface area contributed by atoms with E-state index in [9.17, 15) is 0 Å². The van der Waals surface area contributed by atoms with E-state index in [0.29, 0.717) is 12.0 Å². The van der Waals surface area contributed by atoms with E-state index in [1.165, 1.54) is 19.3 Å². The average molecular weight is 283 g/mol. The Hall–Kier alpha value is -1.54. The molecule has 1 heterocycles. The quantitative estimate of drug-likeness (QED) is 0.854. The Balaban J connectivity index is 1.49. The van der Waals surface area contributed by atoms with Crippen LogP contribution in [0.2, 0.25) is 0 Å². The molecule has 1 aromatic carbocycles. The van der Waals surface area contributed by atoms with Crippen LogP contribution in [-0.4, -0.2) is 12.6 Å². The smallest absolute Gasteiger partial charge is 0.103 e. The van der Waals surface area contributed by atoms with Crippen LogP contribution in [0.1, 0.15) is 49.0 Å². The minimum Gasteiger partial charge on any atom is -0.469 e. The maximum Gasteiger partial charge on any atom is 0.103 e. The molecule has 112 valence electrons. The van der Waals surface area contributed by atoms with Gasteiger partial charge in [-0.15, -0.1) is 0 Å². The lowest BCUT2D eigenvalue weighted by Crippen LogP contribution is -2.32. The van der Waals surface area contributed by atoms with Gasteiger partial charge in [0.15, 0.2) is 0 Å². The highest BCUT2D eigenvalue weighted by atomic mass is 16.3. The molecule has 2 unspecified atom stereocenters. The number of rotatable bonds is 6. The zero-order chi connectivity index (χ0) is 14.5. The third-order valence-electron chi connectivity index (χ3n) is 4.61. The second kappa shape index (κ2) is 6.95. The largest absolute Gasteiger partial charge is 0.469 e. The lowest BCUT2D eigenvalue weighted by Gasteiger charge is -2.27. The van der Waals surface area contributed by atoms with Crippen molar-refractivity contribution in [2.24, 2.45) is 0 Å². The maximum atomic E-state index is 5.40. The Bertz CT molecular complexity index is 546. The van der Waals surface area contributed by atoms with Crippen LogP contribution in [0.4, 0.5) is 0 Å². The van der Waals surface area contributed by atoms with Gasteiger partial charge in [0.05, 0.1) is 6.26 Å². The van der Waals surface area contributed by atoms with E-state index in [1.807, 2.05) is 6.07 Å². The molecule has 2 atom stereocenters. The highest BCUT2D eigenvalue weighted by Crippen LogP contribution is 2.30. The summed E-state index contributed by atoms with van der Waals surface area (Å²) in [4.78, 5) is 0. The Morgan fingerprint density at radius 2 is 2.14 bits per heavy atom. The molecule has 0 fully saturated rings. The Labute approximate surface area is 127 Å². The Morgan fingerprint density at radius 3 is 3.00 bits per heavy atom. The molecule has 0 bridgehead atoms. The van der Waals surface area contributed by atoms with Crippen LogP contribution < -0.4 is 5.32 Å². The van der Waals surface area contributed by atoms with Gasteiger partial charge >= 0.3 is 0 Å². The number of fused-ring (bicyclic) bond motifs is 1. The van der Waals surface area contributed by atoms with Gasteiger partial charge in [-0.3, -0.25) is 0 Å². The van der Waals surface area contributed by atoms with Gasteiger partial charge in [0.25, 0.3) is 0 Å². The number of furan rings is 1. The van der Waals surface area contributed by atoms with Gasteiger partial charge in [-0.2, -0.15) is 0 Å². The predicted octanol–water partition coefficient (Wildman–Crippen LogP) is 4.31. The number of benzene rings is 1. The standard InChI is InChI=1S/C19H25NO/c1-15(11-12-18-9-5-13-21-18)20-14-17-8-4-7-16-6-2-3-10-19(16)17/h2-3,5-6,9-10,13,15,17,20H,4,7-8,11-12,14H2,1H3. The van der Waals surface area contributed by atoms with E-state index in [4.69, 9.17) is 4.42 Å². The molecule has 0 amide bonds. The summed E-state index contributed by atoms with van der Waals surface area (Å²) in [5, 5.41) is 3.71. The van der Waals surface area contributed by atoms with Crippen molar-refractivity contribution in [3.05, 3.63) is 59.5 Å². The van der Waals surface area contributed by atoms with Crippen LogP contribution >= 0.6 is 0 Å². The molecule has 1 aliphatic rings. The summed E-state index contributed by atoms with van der Waals surface area (Å²) in [5.74, 6) is 1.77. The van der Waals surface area contributed by atoms with Crippen molar-refractivity contribution in [3.63, 3.8) is 0 Å². The third kappa shape index (κ3) is 3.76. The van der Waals surface area contributed by atoms with E-state index < -0.39 is 0 Å². The monoisotopic (exact) mass is 283 g/mol. The highest BCUT2D eigenvalue weighted by Gasteiger charge is 2.19. The minimum absolute atomic E-state index is 0.532. The van der Waals surface area contributed by atoms with Crippen molar-refractivity contribution < 1.29 is 4.42 Å². The fourth-order valence-electron chi connectivity index (χ4n) is 3.33. The molecule has 3 rings (SSSR count). The van der Waals surface area contributed by atoms with Crippen molar-refractivity contribution >= 4 is 0 Å². The molecule has 1 aliphatic carbocycles. The van der Waals surface area contributed by atoms with E-state index in [2.05, 4.69) is 42.6 Å². The Morgan fingerprint density at radius 1 is 1.24 bits per heavy atom. The highest BCUT2D eigenvalue weighted by molar-refractivity contribution is 5.32. The molecular weight excluding hydrogens is 258 g/mol. The van der Waals surface area contributed by atoms with Crippen LogP contribution in [0.25, 0.3) is 0 Å². The first-order valence-electron chi connectivity index (χ1n) is 8.16. The molecule has 1 aromatic heterocycles. The maximum absolute atomic E-state index is 5.40.